The Morgan fingerprint density at radius 2 is 2.00 bits per heavy atom. The van der Waals surface area contributed by atoms with Gasteiger partial charge in [0.25, 0.3) is 5.56 Å². The number of hydrogen-bond acceptors (Lipinski definition) is 2. The van der Waals surface area contributed by atoms with Crippen molar-refractivity contribution >= 4 is 11.6 Å². The van der Waals surface area contributed by atoms with E-state index in [1.54, 1.807) is 19.9 Å². The molecule has 0 aliphatic carbocycles. The number of H-pyrrole nitrogens is 1. The summed E-state index contributed by atoms with van der Waals surface area (Å²) in [7, 11) is 0. The number of halogens is 2. The van der Waals surface area contributed by atoms with Gasteiger partial charge in [-0.05, 0) is 38.0 Å². The summed E-state index contributed by atoms with van der Waals surface area (Å²) < 4.78 is 14.5. The number of nitrogens with one attached hydrogen (secondary N) is 1. The van der Waals surface area contributed by atoms with Gasteiger partial charge in [-0.25, -0.2) is 9.18 Å². The number of hydrogen-bond donors (Lipinski definition) is 1. The molecule has 1 aromatic heterocycles. The van der Waals surface area contributed by atoms with E-state index in [2.05, 4.69) is 4.98 Å². The maximum Gasteiger partial charge on any atom is 0.330 e. The van der Waals surface area contributed by atoms with E-state index < -0.39 is 22.6 Å². The Kier molecular flexibility index (Phi) is 4.05. The largest absolute Gasteiger partial charge is 0.330 e. The van der Waals surface area contributed by atoms with Crippen LogP contribution in [0.4, 0.5) is 4.39 Å². The second kappa shape index (κ2) is 5.48. The zero-order chi connectivity index (χ0) is 15.8. The third-order valence-corrected chi connectivity index (χ3v) is 3.92. The van der Waals surface area contributed by atoms with Gasteiger partial charge in [0, 0.05) is 5.54 Å². The van der Waals surface area contributed by atoms with Gasteiger partial charge in [0.15, 0.2) is 0 Å². The van der Waals surface area contributed by atoms with Crippen LogP contribution in [0.15, 0.2) is 33.9 Å². The molecule has 2 rings (SSSR count). The van der Waals surface area contributed by atoms with Gasteiger partial charge in [-0.3, -0.25) is 14.3 Å². The Balaban J connectivity index is 2.84. The van der Waals surface area contributed by atoms with E-state index in [0.29, 0.717) is 12.0 Å². The SMILES string of the molecule is CCC(C)(C)n1c(=O)[nH]c(Cl)c(-c2cccc(F)c2)c1=O. The fourth-order valence-corrected chi connectivity index (χ4v) is 2.38. The first-order chi connectivity index (χ1) is 9.77. The highest BCUT2D eigenvalue weighted by atomic mass is 35.5. The fraction of sp³-hybridized carbons (Fsp3) is 0.333. The second-order valence-electron chi connectivity index (χ2n) is 5.44. The van der Waals surface area contributed by atoms with Crippen LogP contribution in [0.3, 0.4) is 0 Å². The van der Waals surface area contributed by atoms with Gasteiger partial charge in [-0.2, -0.15) is 0 Å². The lowest BCUT2D eigenvalue weighted by Crippen LogP contribution is -2.46. The molecule has 0 radical (unpaired) electrons. The minimum absolute atomic E-state index is 0.0845. The molecule has 1 heterocycles. The van der Waals surface area contributed by atoms with E-state index >= 15 is 0 Å². The van der Waals surface area contributed by atoms with Crippen molar-refractivity contribution in [2.75, 3.05) is 0 Å². The van der Waals surface area contributed by atoms with Crippen LogP contribution in [0.5, 0.6) is 0 Å². The van der Waals surface area contributed by atoms with E-state index in [1.165, 1.54) is 18.2 Å². The van der Waals surface area contributed by atoms with Gasteiger partial charge in [-0.15, -0.1) is 0 Å². The predicted molar refractivity (Wildman–Crippen MR) is 81.3 cm³/mol. The van der Waals surface area contributed by atoms with Crippen molar-refractivity contribution in [3.63, 3.8) is 0 Å². The quantitative estimate of drug-likeness (QED) is 0.885. The van der Waals surface area contributed by atoms with Crippen LogP contribution in [-0.4, -0.2) is 9.55 Å². The molecule has 0 aliphatic rings. The van der Waals surface area contributed by atoms with Crippen LogP contribution in [0.2, 0.25) is 5.15 Å². The molecule has 0 fully saturated rings. The van der Waals surface area contributed by atoms with E-state index in [4.69, 9.17) is 11.6 Å². The molecule has 0 bridgehead atoms. The second-order valence-corrected chi connectivity index (χ2v) is 5.81. The van der Waals surface area contributed by atoms with Crippen LogP contribution in [0.1, 0.15) is 27.2 Å². The average Bonchev–Trinajstić information content (AvgIpc) is 2.37. The van der Waals surface area contributed by atoms with E-state index in [9.17, 15) is 14.0 Å². The molecule has 0 atom stereocenters. The Morgan fingerprint density at radius 1 is 1.33 bits per heavy atom. The molecule has 0 unspecified atom stereocenters. The van der Waals surface area contributed by atoms with Gasteiger partial charge >= 0.3 is 5.69 Å². The lowest BCUT2D eigenvalue weighted by molar-refractivity contribution is 0.318. The Bertz CT molecular complexity index is 793. The summed E-state index contributed by atoms with van der Waals surface area (Å²) in [6, 6.07) is 5.55. The molecule has 0 aliphatic heterocycles. The van der Waals surface area contributed by atoms with Crippen molar-refractivity contribution in [1.82, 2.24) is 9.55 Å². The van der Waals surface area contributed by atoms with Crippen molar-refractivity contribution in [1.29, 1.82) is 0 Å². The maximum absolute atomic E-state index is 13.4. The summed E-state index contributed by atoms with van der Waals surface area (Å²) in [5, 5.41) is -0.0845. The molecule has 112 valence electrons. The number of aromatic amines is 1. The van der Waals surface area contributed by atoms with E-state index in [0.717, 1.165) is 4.57 Å². The Labute approximate surface area is 126 Å². The molecule has 4 nitrogen and oxygen atoms in total. The lowest BCUT2D eigenvalue weighted by Gasteiger charge is -2.25. The highest BCUT2D eigenvalue weighted by Crippen LogP contribution is 2.24. The summed E-state index contributed by atoms with van der Waals surface area (Å²) in [4.78, 5) is 27.2. The summed E-state index contributed by atoms with van der Waals surface area (Å²) >= 11 is 6.00. The van der Waals surface area contributed by atoms with Crippen molar-refractivity contribution in [3.8, 4) is 11.1 Å². The molecule has 1 aromatic carbocycles. The predicted octanol–water partition coefficient (Wildman–Crippen LogP) is 3.14. The number of aromatic nitrogens is 2. The van der Waals surface area contributed by atoms with Crippen molar-refractivity contribution < 1.29 is 4.39 Å². The fourth-order valence-electron chi connectivity index (χ4n) is 2.11. The Hall–Kier alpha value is -1.88. The van der Waals surface area contributed by atoms with Gasteiger partial charge < -0.3 is 0 Å². The first-order valence-corrected chi connectivity index (χ1v) is 6.97. The molecule has 0 saturated heterocycles. The molecular weight excluding hydrogens is 295 g/mol. The summed E-state index contributed by atoms with van der Waals surface area (Å²) in [5.41, 5.74) is -1.34. The summed E-state index contributed by atoms with van der Waals surface area (Å²) in [6.07, 6.45) is 0.584. The normalized spacial score (nSPS) is 11.7. The third kappa shape index (κ3) is 2.78. The third-order valence-electron chi connectivity index (χ3n) is 3.64. The zero-order valence-electron chi connectivity index (χ0n) is 12.0. The van der Waals surface area contributed by atoms with Crippen LogP contribution in [-0.2, 0) is 5.54 Å². The van der Waals surface area contributed by atoms with Crippen LogP contribution in [0.25, 0.3) is 11.1 Å². The average molecular weight is 311 g/mol. The van der Waals surface area contributed by atoms with Crippen LogP contribution >= 0.6 is 11.6 Å². The highest BCUT2D eigenvalue weighted by Gasteiger charge is 2.25. The number of rotatable bonds is 3. The van der Waals surface area contributed by atoms with Gasteiger partial charge in [0.1, 0.15) is 11.0 Å². The first-order valence-electron chi connectivity index (χ1n) is 6.59. The molecular formula is C15H16ClFN2O2. The van der Waals surface area contributed by atoms with Gasteiger partial charge in [-0.1, -0.05) is 30.7 Å². The molecule has 1 N–H and O–H groups in total. The summed E-state index contributed by atoms with van der Waals surface area (Å²) in [6.45, 7) is 5.45. The van der Waals surface area contributed by atoms with Gasteiger partial charge in [0.2, 0.25) is 0 Å². The standard InChI is InChI=1S/C15H16ClFN2O2/c1-4-15(2,3)19-13(20)11(12(16)18-14(19)21)9-6-5-7-10(17)8-9/h5-8H,4H2,1-3H3,(H,18,21). The van der Waals surface area contributed by atoms with E-state index in [-0.39, 0.29) is 10.7 Å². The number of nitrogens with zero attached hydrogens (tertiary/aromatic N) is 1. The van der Waals surface area contributed by atoms with Crippen molar-refractivity contribution in [2.45, 2.75) is 32.7 Å². The summed E-state index contributed by atoms with van der Waals surface area (Å²) in [5.74, 6) is -0.476. The van der Waals surface area contributed by atoms with Crippen LogP contribution < -0.4 is 11.2 Å². The highest BCUT2D eigenvalue weighted by molar-refractivity contribution is 6.32. The topological polar surface area (TPSA) is 54.9 Å². The van der Waals surface area contributed by atoms with Crippen molar-refractivity contribution in [2.24, 2.45) is 0 Å². The molecule has 6 heteroatoms. The molecule has 2 aromatic rings. The van der Waals surface area contributed by atoms with Crippen molar-refractivity contribution in [3.05, 3.63) is 56.1 Å². The molecule has 21 heavy (non-hydrogen) atoms. The van der Waals surface area contributed by atoms with Crippen LogP contribution in [0, 0.1) is 5.82 Å². The smallest absolute Gasteiger partial charge is 0.297 e. The molecule has 0 spiro atoms. The molecule has 0 saturated carbocycles. The minimum Gasteiger partial charge on any atom is -0.297 e. The minimum atomic E-state index is -0.669. The maximum atomic E-state index is 13.4. The number of benzene rings is 1. The molecule has 0 amide bonds. The zero-order valence-corrected chi connectivity index (χ0v) is 12.8. The Morgan fingerprint density at radius 3 is 2.57 bits per heavy atom. The lowest BCUT2D eigenvalue weighted by atomic mass is 10.0. The van der Waals surface area contributed by atoms with E-state index in [1.807, 2.05) is 6.92 Å². The first kappa shape index (κ1) is 15.5. The van der Waals surface area contributed by atoms with Gasteiger partial charge in [0.05, 0.1) is 5.56 Å². The monoisotopic (exact) mass is 310 g/mol.